The van der Waals surface area contributed by atoms with Crippen LogP contribution in [0.5, 0.6) is 11.5 Å². The number of carbonyl (C=O) groups is 1. The van der Waals surface area contributed by atoms with E-state index in [0.717, 1.165) is 23.5 Å². The minimum atomic E-state index is -0.366. The van der Waals surface area contributed by atoms with Crippen molar-refractivity contribution in [3.05, 3.63) is 60.2 Å². The van der Waals surface area contributed by atoms with Crippen molar-refractivity contribution in [3.8, 4) is 11.5 Å². The molecule has 0 aliphatic carbocycles. The standard InChI is InChI=1S/C20H24N2O3/c1-15(23)17-11-12-22(14-17)20(24)21-13-16-7-9-19(10-8-16)25-18-5-3-2-4-6-18/h2-10,15,17,23H,11-14H2,1H3,(H,21,24)/t15-,17+/m0/s1. The maximum Gasteiger partial charge on any atom is 0.317 e. The zero-order valence-corrected chi connectivity index (χ0v) is 14.4. The van der Waals surface area contributed by atoms with Crippen molar-refractivity contribution in [2.45, 2.75) is 26.0 Å². The van der Waals surface area contributed by atoms with E-state index < -0.39 is 0 Å². The Hall–Kier alpha value is -2.53. The smallest absolute Gasteiger partial charge is 0.317 e. The molecule has 1 aliphatic rings. The number of aliphatic hydroxyl groups is 1. The normalized spacial score (nSPS) is 18.0. The number of aliphatic hydroxyl groups excluding tert-OH is 1. The molecule has 0 bridgehead atoms. The molecule has 2 aromatic rings. The monoisotopic (exact) mass is 340 g/mol. The Bertz CT molecular complexity index is 686. The third kappa shape index (κ3) is 4.73. The molecule has 1 aliphatic heterocycles. The highest BCUT2D eigenvalue weighted by atomic mass is 16.5. The third-order valence-corrected chi connectivity index (χ3v) is 4.54. The summed E-state index contributed by atoms with van der Waals surface area (Å²) >= 11 is 0. The first-order valence-corrected chi connectivity index (χ1v) is 8.64. The van der Waals surface area contributed by atoms with Crippen LogP contribution in [0.15, 0.2) is 54.6 Å². The van der Waals surface area contributed by atoms with E-state index in [1.807, 2.05) is 54.6 Å². The Morgan fingerprint density at radius 2 is 1.88 bits per heavy atom. The number of nitrogens with one attached hydrogen (secondary N) is 1. The number of nitrogens with zero attached hydrogens (tertiary/aromatic N) is 1. The lowest BCUT2D eigenvalue weighted by molar-refractivity contribution is 0.129. The Morgan fingerprint density at radius 3 is 2.52 bits per heavy atom. The molecule has 2 N–H and O–H groups in total. The summed E-state index contributed by atoms with van der Waals surface area (Å²) in [5.41, 5.74) is 1.01. The third-order valence-electron chi connectivity index (χ3n) is 4.54. The number of benzene rings is 2. The summed E-state index contributed by atoms with van der Waals surface area (Å²) in [5.74, 6) is 1.74. The van der Waals surface area contributed by atoms with Crippen molar-refractivity contribution in [1.82, 2.24) is 10.2 Å². The van der Waals surface area contributed by atoms with E-state index >= 15 is 0 Å². The fraction of sp³-hybridized carbons (Fsp3) is 0.350. The summed E-state index contributed by atoms with van der Waals surface area (Å²) in [5, 5.41) is 12.6. The van der Waals surface area contributed by atoms with E-state index in [4.69, 9.17) is 4.74 Å². The summed E-state index contributed by atoms with van der Waals surface area (Å²) in [6.07, 6.45) is 0.492. The van der Waals surface area contributed by atoms with Gasteiger partial charge in [0.05, 0.1) is 6.10 Å². The minimum Gasteiger partial charge on any atom is -0.457 e. The summed E-state index contributed by atoms with van der Waals surface area (Å²) in [7, 11) is 0. The Labute approximate surface area is 148 Å². The average molecular weight is 340 g/mol. The lowest BCUT2D eigenvalue weighted by Gasteiger charge is -2.18. The first-order valence-electron chi connectivity index (χ1n) is 8.64. The molecule has 1 saturated heterocycles. The van der Waals surface area contributed by atoms with E-state index in [1.165, 1.54) is 0 Å². The maximum absolute atomic E-state index is 12.2. The Kier molecular flexibility index (Phi) is 5.56. The second-order valence-corrected chi connectivity index (χ2v) is 6.45. The highest BCUT2D eigenvalue weighted by Crippen LogP contribution is 2.22. The molecule has 0 unspecified atom stereocenters. The van der Waals surface area contributed by atoms with Gasteiger partial charge in [-0.2, -0.15) is 0 Å². The highest BCUT2D eigenvalue weighted by molar-refractivity contribution is 5.74. The van der Waals surface area contributed by atoms with Crippen LogP contribution in [-0.2, 0) is 6.54 Å². The summed E-state index contributed by atoms with van der Waals surface area (Å²) in [6.45, 7) is 3.57. The fourth-order valence-corrected chi connectivity index (χ4v) is 2.95. The molecule has 0 aromatic heterocycles. The summed E-state index contributed by atoms with van der Waals surface area (Å²) in [6, 6.07) is 17.2. The van der Waals surface area contributed by atoms with Gasteiger partial charge in [0.2, 0.25) is 0 Å². The predicted octanol–water partition coefficient (Wildman–Crippen LogP) is 3.39. The van der Waals surface area contributed by atoms with Gasteiger partial charge >= 0.3 is 6.03 Å². The molecule has 2 amide bonds. The SMILES string of the molecule is C[C@H](O)[C@@H]1CCN(C(=O)NCc2ccc(Oc3ccccc3)cc2)C1. The van der Waals surface area contributed by atoms with Crippen molar-refractivity contribution in [1.29, 1.82) is 0 Å². The lowest BCUT2D eigenvalue weighted by Crippen LogP contribution is -2.38. The van der Waals surface area contributed by atoms with Gasteiger partial charge in [-0.15, -0.1) is 0 Å². The summed E-state index contributed by atoms with van der Waals surface area (Å²) in [4.78, 5) is 14.0. The number of hydrogen-bond donors (Lipinski definition) is 2. The van der Waals surface area contributed by atoms with Gasteiger partial charge in [0.1, 0.15) is 11.5 Å². The maximum atomic E-state index is 12.2. The van der Waals surface area contributed by atoms with Crippen molar-refractivity contribution < 1.29 is 14.6 Å². The van der Waals surface area contributed by atoms with Gasteiger partial charge in [-0.25, -0.2) is 4.79 Å². The summed E-state index contributed by atoms with van der Waals surface area (Å²) < 4.78 is 5.76. The van der Waals surface area contributed by atoms with E-state index in [9.17, 15) is 9.90 Å². The molecule has 25 heavy (non-hydrogen) atoms. The Balaban J connectivity index is 1.48. The number of likely N-dealkylation sites (tertiary alicyclic amines) is 1. The number of urea groups is 1. The number of carbonyl (C=O) groups excluding carboxylic acids is 1. The molecule has 5 heteroatoms. The molecule has 1 fully saturated rings. The molecule has 1 heterocycles. The minimum absolute atomic E-state index is 0.0761. The van der Waals surface area contributed by atoms with E-state index in [1.54, 1.807) is 11.8 Å². The molecule has 0 spiro atoms. The van der Waals surface area contributed by atoms with Gasteiger partial charge in [0.25, 0.3) is 0 Å². The zero-order chi connectivity index (χ0) is 17.6. The molecule has 2 aromatic carbocycles. The second-order valence-electron chi connectivity index (χ2n) is 6.45. The van der Waals surface area contributed by atoms with Crippen molar-refractivity contribution in [3.63, 3.8) is 0 Å². The van der Waals surface area contributed by atoms with Crippen LogP contribution in [0.3, 0.4) is 0 Å². The van der Waals surface area contributed by atoms with E-state index in [2.05, 4.69) is 5.32 Å². The molecule has 132 valence electrons. The van der Waals surface area contributed by atoms with E-state index in [0.29, 0.717) is 19.6 Å². The van der Waals surface area contributed by atoms with Gasteiger partial charge in [0.15, 0.2) is 0 Å². The number of hydrogen-bond acceptors (Lipinski definition) is 3. The van der Waals surface area contributed by atoms with Crippen LogP contribution in [0.2, 0.25) is 0 Å². The molecule has 5 nitrogen and oxygen atoms in total. The van der Waals surface area contributed by atoms with Crippen LogP contribution in [0, 0.1) is 5.92 Å². The highest BCUT2D eigenvalue weighted by Gasteiger charge is 2.28. The molecule has 0 saturated carbocycles. The van der Waals surface area contributed by atoms with Crippen LogP contribution in [0.1, 0.15) is 18.9 Å². The fourth-order valence-electron chi connectivity index (χ4n) is 2.95. The van der Waals surface area contributed by atoms with Crippen molar-refractivity contribution in [2.75, 3.05) is 13.1 Å². The number of para-hydroxylation sites is 1. The largest absolute Gasteiger partial charge is 0.457 e. The van der Waals surface area contributed by atoms with Crippen LogP contribution in [0.4, 0.5) is 4.79 Å². The molecule has 3 rings (SSSR count). The zero-order valence-electron chi connectivity index (χ0n) is 14.4. The van der Waals surface area contributed by atoms with Gasteiger partial charge < -0.3 is 20.1 Å². The van der Waals surface area contributed by atoms with Gasteiger partial charge in [-0.05, 0) is 43.2 Å². The van der Waals surface area contributed by atoms with E-state index in [-0.39, 0.29) is 18.1 Å². The first kappa shape index (κ1) is 17.3. The quantitative estimate of drug-likeness (QED) is 0.877. The second kappa shape index (κ2) is 8.03. The molecule has 0 radical (unpaired) electrons. The lowest BCUT2D eigenvalue weighted by atomic mass is 10.0. The predicted molar refractivity (Wildman–Crippen MR) is 96.6 cm³/mol. The first-order chi connectivity index (χ1) is 12.1. The topological polar surface area (TPSA) is 61.8 Å². The van der Waals surface area contributed by atoms with Gasteiger partial charge in [-0.1, -0.05) is 30.3 Å². The van der Waals surface area contributed by atoms with Crippen LogP contribution >= 0.6 is 0 Å². The molecular weight excluding hydrogens is 316 g/mol. The van der Waals surface area contributed by atoms with Crippen LogP contribution in [0.25, 0.3) is 0 Å². The average Bonchev–Trinajstić information content (AvgIpc) is 3.12. The number of ether oxygens (including phenoxy) is 1. The molecule has 2 atom stereocenters. The van der Waals surface area contributed by atoms with Crippen LogP contribution in [-0.4, -0.2) is 35.2 Å². The van der Waals surface area contributed by atoms with Gasteiger partial charge in [-0.3, -0.25) is 0 Å². The van der Waals surface area contributed by atoms with Crippen molar-refractivity contribution >= 4 is 6.03 Å². The number of amides is 2. The van der Waals surface area contributed by atoms with Crippen LogP contribution < -0.4 is 10.1 Å². The Morgan fingerprint density at radius 1 is 1.20 bits per heavy atom. The molecular formula is C20H24N2O3. The van der Waals surface area contributed by atoms with Crippen molar-refractivity contribution in [2.24, 2.45) is 5.92 Å². The number of rotatable bonds is 5. The van der Waals surface area contributed by atoms with Gasteiger partial charge in [0, 0.05) is 25.6 Å².